The Kier molecular flexibility index (Phi) is 3.42. The lowest BCUT2D eigenvalue weighted by Crippen LogP contribution is -1.99. The van der Waals surface area contributed by atoms with Gasteiger partial charge in [0.15, 0.2) is 5.78 Å². The van der Waals surface area contributed by atoms with Crippen LogP contribution in [0.25, 0.3) is 0 Å². The van der Waals surface area contributed by atoms with E-state index in [-0.39, 0.29) is 33.0 Å². The van der Waals surface area contributed by atoms with Crippen LogP contribution in [0.1, 0.15) is 10.4 Å². The van der Waals surface area contributed by atoms with Crippen molar-refractivity contribution < 1.29 is 9.90 Å². The average molecular weight is 239 g/mol. The lowest BCUT2D eigenvalue weighted by atomic mass is 10.1. The van der Waals surface area contributed by atoms with E-state index >= 15 is 0 Å². The monoisotopic (exact) mass is 238 g/mol. The number of ketones is 1. The number of hydrogen-bond donors (Lipinski definition) is 1. The van der Waals surface area contributed by atoms with Crippen LogP contribution < -0.4 is 0 Å². The number of halogens is 3. The SMILES string of the molecule is O=C(CCl)c1cc(O)c(Cl)c(Cl)c1. The number of phenolic OH excluding ortho intramolecular Hbond substituents is 1. The Labute approximate surface area is 90.0 Å². The van der Waals surface area contributed by atoms with Gasteiger partial charge in [-0.15, -0.1) is 11.6 Å². The van der Waals surface area contributed by atoms with Crippen LogP contribution in [0.3, 0.4) is 0 Å². The Bertz CT molecular complexity index is 326. The van der Waals surface area contributed by atoms with Crippen LogP contribution >= 0.6 is 34.8 Å². The number of Topliss-reactive ketones (excluding diaryl/α,β-unsaturated/α-hetero) is 1. The molecule has 0 atom stereocenters. The second-order valence-electron chi connectivity index (χ2n) is 2.35. The van der Waals surface area contributed by atoms with Crippen molar-refractivity contribution >= 4 is 40.6 Å². The van der Waals surface area contributed by atoms with Gasteiger partial charge < -0.3 is 5.11 Å². The molecule has 5 heteroatoms. The lowest BCUT2D eigenvalue weighted by Gasteiger charge is -2.02. The second-order valence-corrected chi connectivity index (χ2v) is 3.40. The highest BCUT2D eigenvalue weighted by molar-refractivity contribution is 6.43. The minimum atomic E-state index is -0.310. The molecule has 70 valence electrons. The molecule has 0 aliphatic heterocycles. The Balaban J connectivity index is 3.20. The molecule has 0 amide bonds. The molecule has 0 radical (unpaired) electrons. The van der Waals surface area contributed by atoms with Crippen molar-refractivity contribution in [3.05, 3.63) is 27.7 Å². The number of benzene rings is 1. The van der Waals surface area contributed by atoms with Crippen molar-refractivity contribution in [2.75, 3.05) is 5.88 Å². The minimum absolute atomic E-state index is 0.0350. The second kappa shape index (κ2) is 4.18. The Morgan fingerprint density at radius 3 is 2.46 bits per heavy atom. The van der Waals surface area contributed by atoms with Crippen LogP contribution in [0.4, 0.5) is 0 Å². The fourth-order valence-corrected chi connectivity index (χ4v) is 1.29. The minimum Gasteiger partial charge on any atom is -0.506 e. The molecule has 1 aromatic carbocycles. The Morgan fingerprint density at radius 2 is 2.00 bits per heavy atom. The number of aromatic hydroxyl groups is 1. The summed E-state index contributed by atoms with van der Waals surface area (Å²) < 4.78 is 0. The van der Waals surface area contributed by atoms with Crippen LogP contribution in [0.2, 0.25) is 10.0 Å². The lowest BCUT2D eigenvalue weighted by molar-refractivity contribution is 0.102. The Hall–Kier alpha value is -0.440. The molecule has 0 bridgehead atoms. The summed E-state index contributed by atoms with van der Waals surface area (Å²) in [5.41, 5.74) is 0.252. The maximum Gasteiger partial charge on any atom is 0.177 e. The fourth-order valence-electron chi connectivity index (χ4n) is 0.813. The smallest absolute Gasteiger partial charge is 0.177 e. The van der Waals surface area contributed by atoms with Crippen LogP contribution in [-0.4, -0.2) is 16.8 Å². The van der Waals surface area contributed by atoms with E-state index in [2.05, 4.69) is 0 Å². The van der Waals surface area contributed by atoms with Crippen LogP contribution in [0.15, 0.2) is 12.1 Å². The summed E-state index contributed by atoms with van der Waals surface area (Å²) in [4.78, 5) is 11.1. The van der Waals surface area contributed by atoms with Gasteiger partial charge in [-0.2, -0.15) is 0 Å². The highest BCUT2D eigenvalue weighted by Crippen LogP contribution is 2.32. The molecule has 13 heavy (non-hydrogen) atoms. The molecule has 0 aliphatic carbocycles. The van der Waals surface area contributed by atoms with Crippen molar-refractivity contribution in [1.29, 1.82) is 0 Å². The predicted octanol–water partition coefficient (Wildman–Crippen LogP) is 3.12. The number of hydrogen-bond acceptors (Lipinski definition) is 2. The van der Waals surface area contributed by atoms with E-state index in [1.807, 2.05) is 0 Å². The molecule has 0 heterocycles. The van der Waals surface area contributed by atoms with E-state index in [9.17, 15) is 9.90 Å². The number of carbonyl (C=O) groups is 1. The summed E-state index contributed by atoms with van der Waals surface area (Å²) in [6.07, 6.45) is 0. The number of phenols is 1. The van der Waals surface area contributed by atoms with Gasteiger partial charge in [-0.25, -0.2) is 0 Å². The summed E-state index contributed by atoms with van der Waals surface area (Å²) in [7, 11) is 0. The van der Waals surface area contributed by atoms with E-state index in [1.54, 1.807) is 0 Å². The quantitative estimate of drug-likeness (QED) is 0.636. The molecule has 0 spiro atoms. The highest BCUT2D eigenvalue weighted by Gasteiger charge is 2.10. The molecule has 0 aliphatic rings. The van der Waals surface area contributed by atoms with E-state index in [1.165, 1.54) is 12.1 Å². The largest absolute Gasteiger partial charge is 0.506 e. The summed E-state index contributed by atoms with van der Waals surface area (Å²) in [6.45, 7) is 0. The molecule has 2 nitrogen and oxygen atoms in total. The molecule has 1 aromatic rings. The molecule has 0 saturated heterocycles. The van der Waals surface area contributed by atoms with Crippen molar-refractivity contribution in [2.24, 2.45) is 0 Å². The third-order valence-corrected chi connectivity index (χ3v) is 2.49. The summed E-state index contributed by atoms with van der Waals surface area (Å²) in [5, 5.41) is 9.38. The third-order valence-electron chi connectivity index (χ3n) is 1.45. The highest BCUT2D eigenvalue weighted by atomic mass is 35.5. The van der Waals surface area contributed by atoms with Gasteiger partial charge in [0.1, 0.15) is 10.8 Å². The van der Waals surface area contributed by atoms with Crippen molar-refractivity contribution in [3.8, 4) is 5.75 Å². The zero-order valence-electron chi connectivity index (χ0n) is 6.35. The van der Waals surface area contributed by atoms with Gasteiger partial charge in [0.25, 0.3) is 0 Å². The predicted molar refractivity (Wildman–Crippen MR) is 53.2 cm³/mol. The first-order chi connectivity index (χ1) is 6.06. The number of rotatable bonds is 2. The molecular weight excluding hydrogens is 234 g/mol. The number of alkyl halides is 1. The van der Waals surface area contributed by atoms with Gasteiger partial charge in [-0.1, -0.05) is 23.2 Å². The van der Waals surface area contributed by atoms with Gasteiger partial charge in [-0.3, -0.25) is 4.79 Å². The summed E-state index contributed by atoms with van der Waals surface area (Å²) in [6, 6.07) is 2.60. The molecule has 0 fully saturated rings. The van der Waals surface area contributed by atoms with Crippen molar-refractivity contribution in [1.82, 2.24) is 0 Å². The zero-order chi connectivity index (χ0) is 10.0. The molecule has 1 rings (SSSR count). The normalized spacial score (nSPS) is 10.1. The molecular formula is C8H5Cl3O2. The van der Waals surface area contributed by atoms with Gasteiger partial charge in [-0.05, 0) is 12.1 Å². The van der Waals surface area contributed by atoms with E-state index in [0.29, 0.717) is 0 Å². The standard InChI is InChI=1S/C8H5Cl3O2/c9-3-7(13)4-1-5(10)8(11)6(12)2-4/h1-2,12H,3H2. The van der Waals surface area contributed by atoms with Gasteiger partial charge in [0.2, 0.25) is 0 Å². The average Bonchev–Trinajstić information content (AvgIpc) is 2.12. The van der Waals surface area contributed by atoms with Gasteiger partial charge >= 0.3 is 0 Å². The van der Waals surface area contributed by atoms with Crippen molar-refractivity contribution in [3.63, 3.8) is 0 Å². The summed E-state index contributed by atoms with van der Waals surface area (Å²) in [5.74, 6) is -0.685. The first-order valence-electron chi connectivity index (χ1n) is 3.33. The first kappa shape index (κ1) is 10.6. The van der Waals surface area contributed by atoms with E-state index in [0.717, 1.165) is 0 Å². The Morgan fingerprint density at radius 1 is 1.38 bits per heavy atom. The maximum atomic E-state index is 11.1. The number of carbonyl (C=O) groups excluding carboxylic acids is 1. The van der Waals surface area contributed by atoms with Crippen LogP contribution in [-0.2, 0) is 0 Å². The maximum absolute atomic E-state index is 11.1. The first-order valence-corrected chi connectivity index (χ1v) is 4.62. The molecule has 0 aromatic heterocycles. The van der Waals surface area contributed by atoms with Gasteiger partial charge in [0, 0.05) is 5.56 Å². The fraction of sp³-hybridized carbons (Fsp3) is 0.125. The molecule has 1 N–H and O–H groups in total. The van der Waals surface area contributed by atoms with Crippen molar-refractivity contribution in [2.45, 2.75) is 0 Å². The third kappa shape index (κ3) is 2.27. The zero-order valence-corrected chi connectivity index (χ0v) is 8.62. The van der Waals surface area contributed by atoms with Gasteiger partial charge in [0.05, 0.1) is 10.9 Å². The molecule has 0 unspecified atom stereocenters. The topological polar surface area (TPSA) is 37.3 Å². The van der Waals surface area contributed by atoms with Crippen LogP contribution in [0.5, 0.6) is 5.75 Å². The molecule has 0 saturated carbocycles. The van der Waals surface area contributed by atoms with Crippen LogP contribution in [0, 0.1) is 0 Å². The summed E-state index contributed by atoms with van der Waals surface area (Å²) >= 11 is 16.5. The van der Waals surface area contributed by atoms with E-state index in [4.69, 9.17) is 34.8 Å². The van der Waals surface area contributed by atoms with E-state index < -0.39 is 0 Å².